The van der Waals surface area contributed by atoms with Crippen LogP contribution in [0, 0.1) is 0 Å². The standard InChI is InChI=1S/C57H44N4/c1-56(2,3)35-28-42-41-27-34-18-14-16-24-40(34)53(59(37-19-9-7-10-20-37)38-21-11-8-12-22-38)54(41)61-51(42)45(31-35)50-49-44-30-36(57(4,5)6)29-43-48-39-23-15-13-17-33(39)25-26-46(48)60(52(43)44)47(49)32-58-55(50)61/h7-32H,1-6H3. The lowest BCUT2D eigenvalue weighted by Gasteiger charge is -2.28. The Morgan fingerprint density at radius 2 is 0.934 bits per heavy atom. The summed E-state index contributed by atoms with van der Waals surface area (Å²) in [5, 5.41) is 15.2. The van der Waals surface area contributed by atoms with Crippen LogP contribution in [0.3, 0.4) is 0 Å². The SMILES string of the molecule is CC(C)(C)c1cc2c3c4ccccc4ccc3n3c4cnc5c(c6cc(C(C)(C)C)cc7c8cc9ccccc9c(N(c9ccccc9)c9ccccc9)c8n5c76)c4c(c1)c23. The van der Waals surface area contributed by atoms with E-state index in [9.17, 15) is 0 Å². The molecule has 0 aliphatic rings. The van der Waals surface area contributed by atoms with E-state index in [0.29, 0.717) is 0 Å². The van der Waals surface area contributed by atoms with Crippen molar-refractivity contribution < 1.29 is 0 Å². The molecule has 292 valence electrons. The zero-order valence-corrected chi connectivity index (χ0v) is 35.3. The molecule has 4 nitrogen and oxygen atoms in total. The number of para-hydroxylation sites is 2. The molecule has 0 fully saturated rings. The molecule has 0 bridgehead atoms. The Labute approximate surface area is 353 Å². The Hall–Kier alpha value is -7.17. The van der Waals surface area contributed by atoms with E-state index in [1.54, 1.807) is 0 Å². The molecule has 0 unspecified atom stereocenters. The van der Waals surface area contributed by atoms with Crippen LogP contribution in [0.1, 0.15) is 52.7 Å². The van der Waals surface area contributed by atoms with Crippen LogP contribution >= 0.6 is 0 Å². The highest BCUT2D eigenvalue weighted by atomic mass is 15.2. The molecule has 0 N–H and O–H groups in total. The summed E-state index contributed by atoms with van der Waals surface area (Å²) in [5.74, 6) is 0. The van der Waals surface area contributed by atoms with Crippen molar-refractivity contribution in [3.63, 3.8) is 0 Å². The molecule has 61 heavy (non-hydrogen) atoms. The van der Waals surface area contributed by atoms with Crippen LogP contribution in [-0.2, 0) is 10.8 Å². The average molecular weight is 785 g/mol. The van der Waals surface area contributed by atoms with Crippen LogP contribution < -0.4 is 4.90 Å². The van der Waals surface area contributed by atoms with E-state index in [1.807, 2.05) is 0 Å². The van der Waals surface area contributed by atoms with Crippen LogP contribution in [0.15, 0.2) is 158 Å². The van der Waals surface area contributed by atoms with Gasteiger partial charge in [-0.05, 0) is 98.8 Å². The summed E-state index contributed by atoms with van der Waals surface area (Å²) in [6.07, 6.45) is 2.17. The number of fused-ring (bicyclic) bond motifs is 16. The van der Waals surface area contributed by atoms with Gasteiger partial charge in [-0.1, -0.05) is 133 Å². The Kier molecular flexibility index (Phi) is 6.69. The Balaban J connectivity index is 1.29. The topological polar surface area (TPSA) is 24.9 Å². The van der Waals surface area contributed by atoms with Gasteiger partial charge in [0.15, 0.2) is 0 Å². The fourth-order valence-corrected chi connectivity index (χ4v) is 10.7. The highest BCUT2D eigenvalue weighted by Crippen LogP contribution is 2.52. The minimum Gasteiger partial charge on any atom is -0.308 e. The second-order valence-corrected chi connectivity index (χ2v) is 19.3. The lowest BCUT2D eigenvalue weighted by molar-refractivity contribution is 0.591. The molecule has 5 heterocycles. The highest BCUT2D eigenvalue weighted by Gasteiger charge is 2.31. The van der Waals surface area contributed by atoms with E-state index >= 15 is 0 Å². The van der Waals surface area contributed by atoms with E-state index in [4.69, 9.17) is 4.98 Å². The molecular formula is C57H44N4. The normalized spacial score (nSPS) is 13.1. The van der Waals surface area contributed by atoms with Crippen molar-refractivity contribution in [3.8, 4) is 0 Å². The predicted molar refractivity (Wildman–Crippen MR) is 261 cm³/mol. The minimum absolute atomic E-state index is 0.0577. The zero-order chi connectivity index (χ0) is 41.1. The molecule has 0 aliphatic heterocycles. The molecule has 0 amide bonds. The third kappa shape index (κ3) is 4.57. The molecule has 4 heteroatoms. The van der Waals surface area contributed by atoms with Gasteiger partial charge >= 0.3 is 0 Å². The number of hydrogen-bond donors (Lipinski definition) is 0. The number of pyridine rings is 1. The van der Waals surface area contributed by atoms with Gasteiger partial charge in [0.2, 0.25) is 0 Å². The van der Waals surface area contributed by atoms with Gasteiger partial charge in [0.05, 0.1) is 39.5 Å². The summed E-state index contributed by atoms with van der Waals surface area (Å²) in [5.41, 5.74) is 12.9. The van der Waals surface area contributed by atoms with Crippen molar-refractivity contribution in [2.24, 2.45) is 0 Å². The average Bonchev–Trinajstić information content (AvgIpc) is 3.99. The van der Waals surface area contributed by atoms with Gasteiger partial charge in [-0.25, -0.2) is 4.98 Å². The summed E-state index contributed by atoms with van der Waals surface area (Å²) in [6, 6.07) is 56.4. The first-order chi connectivity index (χ1) is 29.6. The largest absolute Gasteiger partial charge is 0.308 e. The van der Waals surface area contributed by atoms with Gasteiger partial charge < -0.3 is 9.30 Å². The molecule has 0 saturated heterocycles. The van der Waals surface area contributed by atoms with Gasteiger partial charge in [-0.3, -0.25) is 4.40 Å². The number of hydrogen-bond acceptors (Lipinski definition) is 2. The summed E-state index contributed by atoms with van der Waals surface area (Å²) < 4.78 is 5.04. The first-order valence-electron chi connectivity index (χ1n) is 21.6. The van der Waals surface area contributed by atoms with Crippen LogP contribution in [0.4, 0.5) is 17.1 Å². The quantitative estimate of drug-likeness (QED) is 0.178. The number of rotatable bonds is 3. The molecule has 0 aliphatic carbocycles. The van der Waals surface area contributed by atoms with Crippen molar-refractivity contribution in [3.05, 3.63) is 169 Å². The molecule has 0 saturated carbocycles. The fourth-order valence-electron chi connectivity index (χ4n) is 10.7. The van der Waals surface area contributed by atoms with Crippen molar-refractivity contribution in [1.29, 1.82) is 0 Å². The molecule has 13 aromatic rings. The second kappa shape index (κ2) is 11.8. The molecule has 8 aromatic carbocycles. The third-order valence-electron chi connectivity index (χ3n) is 13.6. The minimum atomic E-state index is -0.0883. The molecule has 0 atom stereocenters. The van der Waals surface area contributed by atoms with Crippen molar-refractivity contribution in [2.45, 2.75) is 52.4 Å². The molecule has 0 radical (unpaired) electrons. The van der Waals surface area contributed by atoms with Gasteiger partial charge in [0.25, 0.3) is 0 Å². The monoisotopic (exact) mass is 784 g/mol. The first-order valence-corrected chi connectivity index (χ1v) is 21.6. The first kappa shape index (κ1) is 34.7. The third-order valence-corrected chi connectivity index (χ3v) is 13.6. The second-order valence-electron chi connectivity index (χ2n) is 19.3. The van der Waals surface area contributed by atoms with E-state index in [0.717, 1.165) is 28.2 Å². The number of nitrogens with zero attached hydrogens (tertiary/aromatic N) is 4. The number of benzene rings is 8. The summed E-state index contributed by atoms with van der Waals surface area (Å²) in [7, 11) is 0. The van der Waals surface area contributed by atoms with Gasteiger partial charge in [0.1, 0.15) is 5.65 Å². The highest BCUT2D eigenvalue weighted by molar-refractivity contribution is 6.37. The maximum Gasteiger partial charge on any atom is 0.146 e. The van der Waals surface area contributed by atoms with E-state index in [-0.39, 0.29) is 10.8 Å². The van der Waals surface area contributed by atoms with E-state index < -0.39 is 0 Å². The zero-order valence-electron chi connectivity index (χ0n) is 35.3. The van der Waals surface area contributed by atoms with E-state index in [2.05, 4.69) is 213 Å². The maximum atomic E-state index is 5.62. The van der Waals surface area contributed by atoms with Crippen LogP contribution in [0.5, 0.6) is 0 Å². The summed E-state index contributed by atoms with van der Waals surface area (Å²) in [6.45, 7) is 14.1. The van der Waals surface area contributed by atoms with Crippen molar-refractivity contribution in [1.82, 2.24) is 13.8 Å². The van der Waals surface area contributed by atoms with Crippen LogP contribution in [0.25, 0.3) is 97.9 Å². The van der Waals surface area contributed by atoms with Gasteiger partial charge in [0, 0.05) is 59.9 Å². The summed E-state index contributed by atoms with van der Waals surface area (Å²) >= 11 is 0. The Morgan fingerprint density at radius 3 is 1.59 bits per heavy atom. The molecule has 13 rings (SSSR count). The molecule has 0 spiro atoms. The lowest BCUT2D eigenvalue weighted by atomic mass is 9.84. The fraction of sp³-hybridized carbons (Fsp3) is 0.140. The van der Waals surface area contributed by atoms with Crippen molar-refractivity contribution >= 4 is 115 Å². The number of aromatic nitrogens is 3. The summed E-state index contributed by atoms with van der Waals surface area (Å²) in [4.78, 5) is 8.08. The van der Waals surface area contributed by atoms with Crippen LogP contribution in [-0.4, -0.2) is 13.8 Å². The maximum absolute atomic E-state index is 5.62. The number of anilines is 3. The Morgan fingerprint density at radius 1 is 0.410 bits per heavy atom. The van der Waals surface area contributed by atoms with Gasteiger partial charge in [-0.15, -0.1) is 0 Å². The van der Waals surface area contributed by atoms with Crippen molar-refractivity contribution in [2.75, 3.05) is 4.90 Å². The van der Waals surface area contributed by atoms with E-state index in [1.165, 1.54) is 97.8 Å². The smallest absolute Gasteiger partial charge is 0.146 e. The molecular weight excluding hydrogens is 741 g/mol. The lowest BCUT2D eigenvalue weighted by Crippen LogP contribution is -2.11. The van der Waals surface area contributed by atoms with Gasteiger partial charge in [-0.2, -0.15) is 0 Å². The van der Waals surface area contributed by atoms with Crippen LogP contribution in [0.2, 0.25) is 0 Å². The molecule has 5 aromatic heterocycles. The predicted octanol–water partition coefficient (Wildman–Crippen LogP) is 15.8. The Bertz CT molecular complexity index is 3890.